The Balaban J connectivity index is 1.53. The summed E-state index contributed by atoms with van der Waals surface area (Å²) >= 11 is 0. The van der Waals surface area contributed by atoms with Gasteiger partial charge in [-0.2, -0.15) is 13.7 Å². The van der Waals surface area contributed by atoms with E-state index in [-0.39, 0.29) is 36.0 Å². The summed E-state index contributed by atoms with van der Waals surface area (Å²) < 4.78 is 74.9. The Morgan fingerprint density at radius 2 is 1.62 bits per heavy atom. The van der Waals surface area contributed by atoms with E-state index in [1.807, 2.05) is 6.92 Å². The maximum Gasteiger partial charge on any atom is 0.246 e. The maximum absolute atomic E-state index is 13.5. The molecule has 12 heteroatoms. The lowest BCUT2D eigenvalue weighted by molar-refractivity contribution is -0.104. The first-order valence-corrected chi connectivity index (χ1v) is 12.0. The number of fused-ring (bicyclic) bond motifs is 2. The Kier molecular flexibility index (Phi) is 5.23. The third-order valence-corrected chi connectivity index (χ3v) is 8.63. The molecule has 0 radical (unpaired) electrons. The lowest BCUT2D eigenvalue weighted by atomic mass is 10.2. The van der Waals surface area contributed by atoms with Crippen molar-refractivity contribution in [2.24, 2.45) is 0 Å². The fraction of sp³-hybridized carbons (Fsp3) is 0.471. The predicted octanol–water partition coefficient (Wildman–Crippen LogP) is 0.505. The average molecular weight is 445 g/mol. The highest BCUT2D eigenvalue weighted by Gasteiger charge is 2.43. The first kappa shape index (κ1) is 20.4. The van der Waals surface area contributed by atoms with E-state index in [1.54, 1.807) is 0 Å². The average Bonchev–Trinajstić information content (AvgIpc) is 3.17. The Bertz CT molecular complexity index is 1100. The summed E-state index contributed by atoms with van der Waals surface area (Å²) in [6, 6.07) is 4.83. The highest BCUT2D eigenvalue weighted by Crippen LogP contribution is 2.28. The van der Waals surface area contributed by atoms with Crippen LogP contribution in [0.1, 0.15) is 6.92 Å². The van der Waals surface area contributed by atoms with E-state index in [1.165, 1.54) is 43.9 Å². The number of rotatable bonds is 5. The molecule has 29 heavy (non-hydrogen) atoms. The molecule has 0 spiro atoms. The van der Waals surface area contributed by atoms with Crippen LogP contribution < -0.4 is 0 Å². The molecule has 2 aromatic rings. The molecule has 9 nitrogen and oxygen atoms in total. The van der Waals surface area contributed by atoms with Crippen LogP contribution in [0.25, 0.3) is 0 Å². The summed E-state index contributed by atoms with van der Waals surface area (Å²) in [5.74, 6) is -0.635. The number of morpholine rings is 2. The summed E-state index contributed by atoms with van der Waals surface area (Å²) in [6.07, 6.45) is 1.56. The molecule has 2 fully saturated rings. The van der Waals surface area contributed by atoms with Crippen molar-refractivity contribution < 1.29 is 26.0 Å². The Morgan fingerprint density at radius 3 is 2.14 bits per heavy atom. The molecule has 2 unspecified atom stereocenters. The monoisotopic (exact) mass is 444 g/mol. The predicted molar refractivity (Wildman–Crippen MR) is 100 cm³/mol. The zero-order valence-corrected chi connectivity index (χ0v) is 17.3. The van der Waals surface area contributed by atoms with Gasteiger partial charge in [-0.05, 0) is 25.1 Å². The number of ether oxygens (including phenoxy) is 1. The number of sulfonamides is 2. The smallest absolute Gasteiger partial charge is 0.246 e. The van der Waals surface area contributed by atoms with Gasteiger partial charge in [0.15, 0.2) is 0 Å². The van der Waals surface area contributed by atoms with E-state index in [0.717, 1.165) is 6.07 Å². The molecular formula is C17H21FN4O5S2. The molecule has 0 amide bonds. The molecule has 2 saturated heterocycles. The van der Waals surface area contributed by atoms with Gasteiger partial charge in [0.25, 0.3) is 0 Å². The van der Waals surface area contributed by atoms with Crippen molar-refractivity contribution in [2.45, 2.75) is 35.5 Å². The molecule has 4 rings (SSSR count). The third-order valence-electron chi connectivity index (χ3n) is 5.02. The highest BCUT2D eigenvalue weighted by molar-refractivity contribution is 7.89. The fourth-order valence-corrected chi connectivity index (χ4v) is 6.58. The van der Waals surface area contributed by atoms with Gasteiger partial charge in [0, 0.05) is 38.9 Å². The first-order chi connectivity index (χ1) is 13.7. The number of hydrogen-bond acceptors (Lipinski definition) is 6. The van der Waals surface area contributed by atoms with E-state index < -0.39 is 38.1 Å². The molecule has 2 aliphatic rings. The van der Waals surface area contributed by atoms with Crippen LogP contribution in [0.5, 0.6) is 0 Å². The van der Waals surface area contributed by atoms with Gasteiger partial charge in [0.2, 0.25) is 20.0 Å². The van der Waals surface area contributed by atoms with Crippen LogP contribution >= 0.6 is 0 Å². The van der Waals surface area contributed by atoms with Crippen molar-refractivity contribution >= 4 is 20.0 Å². The molecule has 158 valence electrons. The second kappa shape index (κ2) is 7.43. The van der Waals surface area contributed by atoms with E-state index in [9.17, 15) is 21.2 Å². The molecule has 1 aromatic heterocycles. The first-order valence-electron chi connectivity index (χ1n) is 9.14. The molecule has 1 aromatic carbocycles. The molecule has 0 aliphatic carbocycles. The summed E-state index contributed by atoms with van der Waals surface area (Å²) in [5.41, 5.74) is 0. The van der Waals surface area contributed by atoms with Crippen molar-refractivity contribution in [1.82, 2.24) is 18.4 Å². The minimum absolute atomic E-state index is 0.00438. The molecule has 0 N–H and O–H groups in total. The zero-order chi connectivity index (χ0) is 20.8. The van der Waals surface area contributed by atoms with E-state index in [4.69, 9.17) is 4.74 Å². The second-order valence-corrected chi connectivity index (χ2v) is 10.9. The van der Waals surface area contributed by atoms with Crippen molar-refractivity contribution in [3.63, 3.8) is 0 Å². The fourth-order valence-electron chi connectivity index (χ4n) is 3.59. The minimum Gasteiger partial charge on any atom is -0.369 e. The maximum atomic E-state index is 13.5. The Morgan fingerprint density at radius 1 is 1.03 bits per heavy atom. The van der Waals surface area contributed by atoms with Crippen molar-refractivity contribution in [3.8, 4) is 0 Å². The number of nitrogens with zero attached hydrogens (tertiary/aromatic N) is 4. The van der Waals surface area contributed by atoms with Gasteiger partial charge in [0.05, 0.1) is 23.3 Å². The van der Waals surface area contributed by atoms with E-state index >= 15 is 0 Å². The van der Waals surface area contributed by atoms with Gasteiger partial charge in [-0.1, -0.05) is 6.07 Å². The van der Waals surface area contributed by atoms with E-state index in [0.29, 0.717) is 6.54 Å². The second-order valence-electron chi connectivity index (χ2n) is 7.01. The van der Waals surface area contributed by atoms with Crippen LogP contribution in [0, 0.1) is 5.82 Å². The van der Waals surface area contributed by atoms with Crippen LogP contribution in [0.2, 0.25) is 0 Å². The minimum atomic E-state index is -3.90. The summed E-state index contributed by atoms with van der Waals surface area (Å²) in [6.45, 7) is 2.47. The highest BCUT2D eigenvalue weighted by atomic mass is 32.2. The van der Waals surface area contributed by atoms with Gasteiger partial charge in [-0.25, -0.2) is 21.2 Å². The van der Waals surface area contributed by atoms with Crippen molar-refractivity contribution in [3.05, 3.63) is 42.5 Å². The third kappa shape index (κ3) is 3.82. The SMILES string of the molecule is CCn1cc(S(=O)(=O)N2CC3CN(S(=O)(=O)c4cccc(F)c4)CC(C2)O3)cn1. The van der Waals surface area contributed by atoms with Crippen LogP contribution in [0.4, 0.5) is 4.39 Å². The van der Waals surface area contributed by atoms with Crippen LogP contribution in [-0.4, -0.2) is 73.6 Å². The van der Waals surface area contributed by atoms with Crippen LogP contribution in [0.3, 0.4) is 0 Å². The van der Waals surface area contributed by atoms with Gasteiger partial charge in [-0.3, -0.25) is 4.68 Å². The molecule has 2 aliphatic heterocycles. The number of aryl methyl sites for hydroxylation is 1. The number of hydrogen-bond donors (Lipinski definition) is 0. The molecule has 2 bridgehead atoms. The summed E-state index contributed by atoms with van der Waals surface area (Å²) in [7, 11) is -7.65. The molecule has 0 saturated carbocycles. The lowest BCUT2D eigenvalue weighted by Gasteiger charge is -2.44. The van der Waals surface area contributed by atoms with Crippen molar-refractivity contribution in [2.75, 3.05) is 26.2 Å². The number of halogens is 1. The molecular weight excluding hydrogens is 423 g/mol. The summed E-state index contributed by atoms with van der Waals surface area (Å²) in [4.78, 5) is -0.0301. The van der Waals surface area contributed by atoms with Gasteiger partial charge in [-0.15, -0.1) is 0 Å². The summed E-state index contributed by atoms with van der Waals surface area (Å²) in [5, 5.41) is 4.01. The van der Waals surface area contributed by atoms with E-state index in [2.05, 4.69) is 5.10 Å². The number of benzene rings is 1. The zero-order valence-electron chi connectivity index (χ0n) is 15.7. The van der Waals surface area contributed by atoms with Crippen molar-refractivity contribution in [1.29, 1.82) is 0 Å². The number of aromatic nitrogens is 2. The topological polar surface area (TPSA) is 102 Å². The van der Waals surface area contributed by atoms with Gasteiger partial charge >= 0.3 is 0 Å². The molecule has 2 atom stereocenters. The Labute approximate surface area is 168 Å². The quantitative estimate of drug-likeness (QED) is 0.666. The van der Waals surface area contributed by atoms with Crippen LogP contribution in [0.15, 0.2) is 46.5 Å². The normalized spacial score (nSPS) is 23.9. The van der Waals surface area contributed by atoms with Crippen LogP contribution in [-0.2, 0) is 31.3 Å². The molecule has 3 heterocycles. The standard InChI is InChI=1S/C17H21FN4O5S2/c1-2-20-12-17(7-19-20)29(25,26)22-10-14-8-21(9-15(11-22)27-14)28(23,24)16-5-3-4-13(18)6-16/h3-7,12,14-15H,2,8-11H2,1H3. The Hall–Kier alpha value is -1.86. The van der Waals surface area contributed by atoms with Gasteiger partial charge in [0.1, 0.15) is 10.7 Å². The largest absolute Gasteiger partial charge is 0.369 e. The van der Waals surface area contributed by atoms with Gasteiger partial charge < -0.3 is 4.74 Å². The lowest BCUT2D eigenvalue weighted by Crippen LogP contribution is -2.61.